The Bertz CT molecular complexity index is 722. The maximum absolute atomic E-state index is 4.74. The number of anilines is 1. The van der Waals surface area contributed by atoms with Gasteiger partial charge >= 0.3 is 0 Å². The summed E-state index contributed by atoms with van der Waals surface area (Å²) in [4.78, 5) is 8.76. The molecule has 0 fully saturated rings. The second kappa shape index (κ2) is 6.59. The van der Waals surface area contributed by atoms with Gasteiger partial charge in [-0.1, -0.05) is 6.07 Å². The Morgan fingerprint density at radius 2 is 1.90 bits per heavy atom. The maximum atomic E-state index is 4.74. The molecule has 0 saturated carbocycles. The van der Waals surface area contributed by atoms with E-state index in [4.69, 9.17) is 4.98 Å². The summed E-state index contributed by atoms with van der Waals surface area (Å²) in [5, 5.41) is 3.39. The highest BCUT2D eigenvalue weighted by Crippen LogP contribution is 2.18. The van der Waals surface area contributed by atoms with Gasteiger partial charge < -0.3 is 9.88 Å². The number of hydrogen-bond donors (Lipinski definition) is 1. The van der Waals surface area contributed by atoms with Crippen molar-refractivity contribution >= 4 is 29.1 Å². The molecule has 0 bridgehead atoms. The smallest absolute Gasteiger partial charge is 0.129 e. The topological polar surface area (TPSA) is 42.7 Å². The summed E-state index contributed by atoms with van der Waals surface area (Å²) in [5.74, 6) is 1.06. The van der Waals surface area contributed by atoms with Crippen molar-refractivity contribution in [3.05, 3.63) is 54.1 Å². The highest BCUT2D eigenvalue weighted by molar-refractivity contribution is 5.85. The number of aromatic nitrogens is 3. The van der Waals surface area contributed by atoms with Crippen molar-refractivity contribution in [3.8, 4) is 0 Å². The average Bonchev–Trinajstić information content (AvgIpc) is 2.82. The fourth-order valence-electron chi connectivity index (χ4n) is 2.43. The number of pyridine rings is 1. The van der Waals surface area contributed by atoms with Crippen molar-refractivity contribution in [1.29, 1.82) is 0 Å². The molecule has 2 heterocycles. The number of fused-ring (bicyclic) bond motifs is 1. The normalized spacial score (nSPS) is 10.4. The Morgan fingerprint density at radius 1 is 1.14 bits per heavy atom. The van der Waals surface area contributed by atoms with Crippen molar-refractivity contribution in [2.75, 3.05) is 5.32 Å². The summed E-state index contributed by atoms with van der Waals surface area (Å²) in [6, 6.07) is 10.3. The molecule has 2 aromatic heterocycles. The van der Waals surface area contributed by atoms with Crippen molar-refractivity contribution in [2.45, 2.75) is 26.9 Å². The molecule has 0 unspecified atom stereocenters. The van der Waals surface area contributed by atoms with E-state index in [0.717, 1.165) is 23.6 Å². The van der Waals surface area contributed by atoms with Crippen LogP contribution in [0, 0.1) is 6.92 Å². The fourth-order valence-corrected chi connectivity index (χ4v) is 2.43. The van der Waals surface area contributed by atoms with Crippen molar-refractivity contribution in [3.63, 3.8) is 0 Å². The molecule has 5 heteroatoms. The van der Waals surface area contributed by atoms with Gasteiger partial charge in [0.1, 0.15) is 5.82 Å². The van der Waals surface area contributed by atoms with Gasteiger partial charge in [0.25, 0.3) is 0 Å². The monoisotopic (exact) mass is 302 g/mol. The lowest BCUT2D eigenvalue weighted by Crippen LogP contribution is -2.07. The van der Waals surface area contributed by atoms with Crippen LogP contribution >= 0.6 is 12.4 Å². The van der Waals surface area contributed by atoms with Crippen LogP contribution in [0.15, 0.2) is 42.7 Å². The molecular formula is C16H19ClN4. The van der Waals surface area contributed by atoms with E-state index in [9.17, 15) is 0 Å². The lowest BCUT2D eigenvalue weighted by atomic mass is 10.2. The average molecular weight is 303 g/mol. The molecule has 21 heavy (non-hydrogen) atoms. The van der Waals surface area contributed by atoms with Crippen LogP contribution in [0.1, 0.15) is 18.3 Å². The van der Waals surface area contributed by atoms with Gasteiger partial charge in [0.05, 0.1) is 17.6 Å². The predicted octanol–water partition coefficient (Wildman–Crippen LogP) is 3.79. The molecule has 4 nitrogen and oxygen atoms in total. The van der Waals surface area contributed by atoms with E-state index >= 15 is 0 Å². The first kappa shape index (κ1) is 15.3. The molecule has 1 N–H and O–H groups in total. The molecule has 1 aromatic carbocycles. The van der Waals surface area contributed by atoms with Gasteiger partial charge in [-0.3, -0.25) is 4.98 Å². The van der Waals surface area contributed by atoms with Gasteiger partial charge in [0.2, 0.25) is 0 Å². The second-order valence-electron chi connectivity index (χ2n) is 4.85. The largest absolute Gasteiger partial charge is 0.378 e. The number of imidazole rings is 1. The lowest BCUT2D eigenvalue weighted by molar-refractivity contribution is 0.729. The number of halogens is 1. The number of rotatable bonds is 4. The molecule has 3 aromatic rings. The van der Waals surface area contributed by atoms with Crippen LogP contribution in [0.5, 0.6) is 0 Å². The summed E-state index contributed by atoms with van der Waals surface area (Å²) < 4.78 is 2.25. The molecular weight excluding hydrogens is 284 g/mol. The number of nitrogens with zero attached hydrogens (tertiary/aromatic N) is 3. The zero-order valence-corrected chi connectivity index (χ0v) is 13.0. The maximum Gasteiger partial charge on any atom is 0.129 e. The van der Waals surface area contributed by atoms with Crippen LogP contribution < -0.4 is 5.32 Å². The van der Waals surface area contributed by atoms with Crippen LogP contribution in [0.3, 0.4) is 0 Å². The van der Waals surface area contributed by atoms with E-state index in [1.54, 1.807) is 12.4 Å². The molecule has 0 spiro atoms. The molecule has 0 saturated heterocycles. The SMILES string of the molecule is CCn1c(CNc2ccncc2)nc2cc(C)ccc21.Cl. The molecule has 0 radical (unpaired) electrons. The van der Waals surface area contributed by atoms with Crippen LogP contribution in [0.25, 0.3) is 11.0 Å². The Balaban J connectivity index is 0.00000161. The predicted molar refractivity (Wildman–Crippen MR) is 89.0 cm³/mol. The Morgan fingerprint density at radius 3 is 2.62 bits per heavy atom. The van der Waals surface area contributed by atoms with Crippen molar-refractivity contribution < 1.29 is 0 Å². The van der Waals surface area contributed by atoms with E-state index in [1.807, 2.05) is 12.1 Å². The van der Waals surface area contributed by atoms with Gasteiger partial charge in [-0.25, -0.2) is 4.98 Å². The van der Waals surface area contributed by atoms with E-state index in [1.165, 1.54) is 11.1 Å². The summed E-state index contributed by atoms with van der Waals surface area (Å²) in [6.45, 7) is 5.88. The summed E-state index contributed by atoms with van der Waals surface area (Å²) in [5.41, 5.74) is 4.57. The molecule has 110 valence electrons. The van der Waals surface area contributed by atoms with Gasteiger partial charge in [-0.2, -0.15) is 0 Å². The first-order chi connectivity index (χ1) is 9.78. The van der Waals surface area contributed by atoms with Crippen molar-refractivity contribution in [1.82, 2.24) is 14.5 Å². The third-order valence-corrected chi connectivity index (χ3v) is 3.43. The highest BCUT2D eigenvalue weighted by atomic mass is 35.5. The second-order valence-corrected chi connectivity index (χ2v) is 4.85. The molecule has 0 aliphatic rings. The third kappa shape index (κ3) is 3.16. The molecule has 0 aliphatic heterocycles. The minimum Gasteiger partial charge on any atom is -0.378 e. The van der Waals surface area contributed by atoms with Gasteiger partial charge in [-0.05, 0) is 43.7 Å². The lowest BCUT2D eigenvalue weighted by Gasteiger charge is -2.08. The molecule has 0 aliphatic carbocycles. The zero-order chi connectivity index (χ0) is 13.9. The number of aryl methyl sites for hydroxylation is 2. The summed E-state index contributed by atoms with van der Waals surface area (Å²) >= 11 is 0. The molecule has 3 rings (SSSR count). The zero-order valence-electron chi connectivity index (χ0n) is 12.2. The summed E-state index contributed by atoms with van der Waals surface area (Å²) in [7, 11) is 0. The van der Waals surface area contributed by atoms with Crippen LogP contribution in [-0.2, 0) is 13.1 Å². The Labute approximate surface area is 130 Å². The summed E-state index contributed by atoms with van der Waals surface area (Å²) in [6.07, 6.45) is 3.57. The highest BCUT2D eigenvalue weighted by Gasteiger charge is 2.09. The number of nitrogens with one attached hydrogen (secondary N) is 1. The number of hydrogen-bond acceptors (Lipinski definition) is 3. The standard InChI is InChI=1S/C16H18N4.ClH/c1-3-20-15-5-4-12(2)10-14(15)19-16(20)11-18-13-6-8-17-9-7-13;/h4-10H,3,11H2,1-2H3,(H,17,18);1H. The van der Waals surface area contributed by atoms with E-state index in [2.05, 4.69) is 46.9 Å². The van der Waals surface area contributed by atoms with Crippen LogP contribution in [-0.4, -0.2) is 14.5 Å². The molecule has 0 amide bonds. The van der Waals surface area contributed by atoms with Gasteiger partial charge in [0, 0.05) is 24.6 Å². The minimum absolute atomic E-state index is 0. The molecule has 0 atom stereocenters. The quantitative estimate of drug-likeness (QED) is 0.797. The van der Waals surface area contributed by atoms with Crippen LogP contribution in [0.2, 0.25) is 0 Å². The fraction of sp³-hybridized carbons (Fsp3) is 0.250. The van der Waals surface area contributed by atoms with E-state index in [-0.39, 0.29) is 12.4 Å². The van der Waals surface area contributed by atoms with Crippen LogP contribution in [0.4, 0.5) is 5.69 Å². The van der Waals surface area contributed by atoms with Gasteiger partial charge in [-0.15, -0.1) is 12.4 Å². The Kier molecular flexibility index (Phi) is 4.81. The Hall–Kier alpha value is -2.07. The first-order valence-electron chi connectivity index (χ1n) is 6.87. The van der Waals surface area contributed by atoms with E-state index < -0.39 is 0 Å². The first-order valence-corrected chi connectivity index (χ1v) is 6.87. The van der Waals surface area contributed by atoms with E-state index in [0.29, 0.717) is 6.54 Å². The number of benzene rings is 1. The van der Waals surface area contributed by atoms with Gasteiger partial charge in [0.15, 0.2) is 0 Å². The third-order valence-electron chi connectivity index (χ3n) is 3.43. The van der Waals surface area contributed by atoms with Crippen molar-refractivity contribution in [2.24, 2.45) is 0 Å². The minimum atomic E-state index is 0.